The summed E-state index contributed by atoms with van der Waals surface area (Å²) in [5.41, 5.74) is 5.94. The molecule has 5 N–H and O–H groups in total. The Morgan fingerprint density at radius 3 is 2.37 bits per heavy atom. The van der Waals surface area contributed by atoms with Gasteiger partial charge in [-0.15, -0.1) is 11.3 Å². The maximum atomic E-state index is 11.9. The lowest BCUT2D eigenvalue weighted by Crippen LogP contribution is -2.41. The fourth-order valence-corrected chi connectivity index (χ4v) is 2.59. The molecule has 0 bridgehead atoms. The number of thiophene rings is 1. The molecule has 0 aliphatic rings. The van der Waals surface area contributed by atoms with Crippen LogP contribution in [0.3, 0.4) is 0 Å². The second-order valence-electron chi connectivity index (χ2n) is 5.30. The summed E-state index contributed by atoms with van der Waals surface area (Å²) in [4.78, 5) is 46.7. The lowest BCUT2D eigenvalue weighted by Gasteiger charge is -2.07. The van der Waals surface area contributed by atoms with Gasteiger partial charge in [0.25, 0.3) is 5.91 Å². The van der Waals surface area contributed by atoms with E-state index in [1.165, 1.54) is 23.5 Å². The molecule has 0 atom stereocenters. The number of amides is 5. The molecule has 0 unspecified atom stereocenters. The van der Waals surface area contributed by atoms with Gasteiger partial charge in [-0.3, -0.25) is 10.1 Å². The third-order valence-corrected chi connectivity index (χ3v) is 4.12. The van der Waals surface area contributed by atoms with Crippen molar-refractivity contribution in [1.82, 2.24) is 16.0 Å². The van der Waals surface area contributed by atoms with E-state index in [2.05, 4.69) is 16.0 Å². The minimum Gasteiger partial charge on any atom is -0.452 e. The van der Waals surface area contributed by atoms with Crippen LogP contribution in [0.4, 0.5) is 9.59 Å². The molecule has 0 saturated heterocycles. The Hall–Kier alpha value is -3.40. The van der Waals surface area contributed by atoms with Gasteiger partial charge in [0.05, 0.1) is 12.1 Å². The summed E-state index contributed by atoms with van der Waals surface area (Å²) in [6, 6.07) is 8.60. The molecule has 10 heteroatoms. The van der Waals surface area contributed by atoms with Crippen molar-refractivity contribution in [3.05, 3.63) is 57.8 Å². The highest BCUT2D eigenvalue weighted by Crippen LogP contribution is 2.07. The molecule has 0 spiro atoms. The van der Waals surface area contributed by atoms with E-state index in [0.29, 0.717) is 6.54 Å². The molecule has 0 radical (unpaired) electrons. The van der Waals surface area contributed by atoms with Crippen LogP contribution in [0.15, 0.2) is 41.8 Å². The van der Waals surface area contributed by atoms with Gasteiger partial charge in [0.2, 0.25) is 0 Å². The maximum absolute atomic E-state index is 11.9. The van der Waals surface area contributed by atoms with Crippen LogP contribution < -0.4 is 21.7 Å². The lowest BCUT2D eigenvalue weighted by molar-refractivity contribution is -0.123. The first-order chi connectivity index (χ1) is 12.9. The van der Waals surface area contributed by atoms with E-state index >= 15 is 0 Å². The zero-order chi connectivity index (χ0) is 19.6. The number of primary amides is 1. The summed E-state index contributed by atoms with van der Waals surface area (Å²) in [5, 5.41) is 8.89. The summed E-state index contributed by atoms with van der Waals surface area (Å²) in [5.74, 6) is -1.45. The SMILES string of the molecule is NC(=O)NCc1ccc(C(=O)OCC(=O)NC(=O)NCc2cccs2)cc1. The molecule has 142 valence electrons. The van der Waals surface area contributed by atoms with Crippen molar-refractivity contribution in [2.24, 2.45) is 5.73 Å². The summed E-state index contributed by atoms with van der Waals surface area (Å²) in [6.45, 7) is -0.0581. The molecule has 0 aliphatic heterocycles. The quantitative estimate of drug-likeness (QED) is 0.524. The van der Waals surface area contributed by atoms with Gasteiger partial charge in [0.1, 0.15) is 0 Å². The van der Waals surface area contributed by atoms with E-state index in [1.54, 1.807) is 12.1 Å². The molecule has 0 fully saturated rings. The van der Waals surface area contributed by atoms with Gasteiger partial charge >= 0.3 is 18.0 Å². The topological polar surface area (TPSA) is 140 Å². The fourth-order valence-electron chi connectivity index (χ4n) is 1.95. The van der Waals surface area contributed by atoms with E-state index in [1.807, 2.05) is 17.5 Å². The number of ether oxygens (including phenoxy) is 1. The van der Waals surface area contributed by atoms with Gasteiger partial charge in [-0.1, -0.05) is 18.2 Å². The van der Waals surface area contributed by atoms with Crippen LogP contribution in [-0.4, -0.2) is 30.5 Å². The van der Waals surface area contributed by atoms with Crippen molar-refractivity contribution in [2.75, 3.05) is 6.61 Å². The summed E-state index contributed by atoms with van der Waals surface area (Å²) in [6.07, 6.45) is 0. The molecule has 0 saturated carbocycles. The van der Waals surface area contributed by atoms with Gasteiger partial charge in [-0.05, 0) is 29.1 Å². The third-order valence-electron chi connectivity index (χ3n) is 3.25. The summed E-state index contributed by atoms with van der Waals surface area (Å²) >= 11 is 1.48. The highest BCUT2D eigenvalue weighted by molar-refractivity contribution is 7.09. The number of urea groups is 2. The minimum atomic E-state index is -0.741. The number of nitrogens with one attached hydrogen (secondary N) is 3. The highest BCUT2D eigenvalue weighted by atomic mass is 32.1. The normalized spacial score (nSPS) is 9.93. The van der Waals surface area contributed by atoms with Crippen molar-refractivity contribution in [2.45, 2.75) is 13.1 Å². The Bertz CT molecular complexity index is 805. The molecular formula is C17H18N4O5S. The highest BCUT2D eigenvalue weighted by Gasteiger charge is 2.12. The first-order valence-corrected chi connectivity index (χ1v) is 8.71. The summed E-state index contributed by atoms with van der Waals surface area (Å²) in [7, 11) is 0. The molecule has 0 aliphatic carbocycles. The Morgan fingerprint density at radius 2 is 1.74 bits per heavy atom. The standard InChI is InChI=1S/C17H18N4O5S/c18-16(24)19-8-11-3-5-12(6-4-11)15(23)26-10-14(22)21-17(25)20-9-13-2-1-7-27-13/h1-7H,8-10H2,(H3,18,19,24)(H2,20,21,22,25). The smallest absolute Gasteiger partial charge is 0.338 e. The number of hydrogen-bond donors (Lipinski definition) is 4. The predicted octanol–water partition coefficient (Wildman–Crippen LogP) is 1.10. The molecule has 2 rings (SSSR count). The second kappa shape index (κ2) is 9.92. The second-order valence-corrected chi connectivity index (χ2v) is 6.33. The van der Waals surface area contributed by atoms with Crippen molar-refractivity contribution in [3.8, 4) is 0 Å². The number of carbonyl (C=O) groups excluding carboxylic acids is 4. The van der Waals surface area contributed by atoms with Crippen molar-refractivity contribution in [3.63, 3.8) is 0 Å². The van der Waals surface area contributed by atoms with Crippen LogP contribution in [0.25, 0.3) is 0 Å². The molecule has 1 aromatic heterocycles. The van der Waals surface area contributed by atoms with Crippen LogP contribution in [0.2, 0.25) is 0 Å². The van der Waals surface area contributed by atoms with Crippen molar-refractivity contribution >= 4 is 35.3 Å². The number of esters is 1. The van der Waals surface area contributed by atoms with Crippen LogP contribution in [0, 0.1) is 0 Å². The zero-order valence-corrected chi connectivity index (χ0v) is 15.0. The Morgan fingerprint density at radius 1 is 1.00 bits per heavy atom. The van der Waals surface area contributed by atoms with E-state index in [0.717, 1.165) is 10.4 Å². The van der Waals surface area contributed by atoms with Crippen molar-refractivity contribution < 1.29 is 23.9 Å². The van der Waals surface area contributed by atoms with E-state index < -0.39 is 30.5 Å². The van der Waals surface area contributed by atoms with E-state index in [4.69, 9.17) is 10.5 Å². The van der Waals surface area contributed by atoms with Crippen LogP contribution in [0.1, 0.15) is 20.8 Å². The molecular weight excluding hydrogens is 372 g/mol. The monoisotopic (exact) mass is 390 g/mol. The number of rotatable bonds is 7. The maximum Gasteiger partial charge on any atom is 0.338 e. The molecule has 27 heavy (non-hydrogen) atoms. The van der Waals surface area contributed by atoms with Crippen LogP contribution in [0.5, 0.6) is 0 Å². The number of carbonyl (C=O) groups is 4. The Kier molecular flexibility index (Phi) is 7.32. The Labute approximate surface area is 158 Å². The summed E-state index contributed by atoms with van der Waals surface area (Å²) < 4.78 is 4.86. The van der Waals surface area contributed by atoms with E-state index in [9.17, 15) is 19.2 Å². The largest absolute Gasteiger partial charge is 0.452 e. The average molecular weight is 390 g/mol. The van der Waals surface area contributed by atoms with Crippen LogP contribution in [-0.2, 0) is 22.6 Å². The minimum absolute atomic E-state index is 0.229. The first-order valence-electron chi connectivity index (χ1n) is 7.83. The molecule has 1 aromatic carbocycles. The van der Waals surface area contributed by atoms with Gasteiger partial charge in [-0.25, -0.2) is 14.4 Å². The zero-order valence-electron chi connectivity index (χ0n) is 14.2. The molecule has 2 aromatic rings. The van der Waals surface area contributed by atoms with Gasteiger partial charge in [0, 0.05) is 11.4 Å². The lowest BCUT2D eigenvalue weighted by atomic mass is 10.1. The first kappa shape index (κ1) is 19.9. The number of hydrogen-bond acceptors (Lipinski definition) is 6. The number of imide groups is 1. The molecule has 5 amide bonds. The average Bonchev–Trinajstić information content (AvgIpc) is 3.17. The fraction of sp³-hybridized carbons (Fsp3) is 0.176. The number of nitrogens with two attached hydrogens (primary N) is 1. The van der Waals surface area contributed by atoms with Crippen molar-refractivity contribution in [1.29, 1.82) is 0 Å². The van der Waals surface area contributed by atoms with E-state index in [-0.39, 0.29) is 12.1 Å². The van der Waals surface area contributed by atoms with Gasteiger partial charge < -0.3 is 21.1 Å². The molecule has 9 nitrogen and oxygen atoms in total. The van der Waals surface area contributed by atoms with Gasteiger partial charge in [0.15, 0.2) is 6.61 Å². The van der Waals surface area contributed by atoms with Crippen LogP contribution >= 0.6 is 11.3 Å². The molecule has 1 heterocycles. The van der Waals surface area contributed by atoms with Gasteiger partial charge in [-0.2, -0.15) is 0 Å². The third kappa shape index (κ3) is 7.16. The number of benzene rings is 1. The Balaban J connectivity index is 1.71. The predicted molar refractivity (Wildman–Crippen MR) is 97.8 cm³/mol.